The summed E-state index contributed by atoms with van der Waals surface area (Å²) in [6.07, 6.45) is 0.654. The van der Waals surface area contributed by atoms with Crippen molar-refractivity contribution in [3.8, 4) is 0 Å². The van der Waals surface area contributed by atoms with Crippen molar-refractivity contribution in [2.75, 3.05) is 5.88 Å². The Labute approximate surface area is 110 Å². The number of carbonyl (C=O) groups is 1. The van der Waals surface area contributed by atoms with Gasteiger partial charge in [0.1, 0.15) is 0 Å². The lowest BCUT2D eigenvalue weighted by molar-refractivity contribution is -0.122. The molecule has 0 aliphatic rings. The quantitative estimate of drug-likeness (QED) is 0.823. The zero-order valence-electron chi connectivity index (χ0n) is 10.4. The molecule has 0 heterocycles. The molecular formula is C13H16ClF2NO. The van der Waals surface area contributed by atoms with Crippen LogP contribution in [-0.2, 0) is 11.2 Å². The van der Waals surface area contributed by atoms with Crippen LogP contribution >= 0.6 is 11.6 Å². The predicted molar refractivity (Wildman–Crippen MR) is 67.6 cm³/mol. The zero-order valence-corrected chi connectivity index (χ0v) is 11.2. The van der Waals surface area contributed by atoms with Gasteiger partial charge in [-0.3, -0.25) is 4.79 Å². The van der Waals surface area contributed by atoms with Crippen LogP contribution in [0.1, 0.15) is 25.8 Å². The van der Waals surface area contributed by atoms with Gasteiger partial charge in [0.15, 0.2) is 11.6 Å². The number of nitrogens with one attached hydrogen (secondary N) is 1. The Bertz CT molecular complexity index is 435. The first kappa shape index (κ1) is 14.9. The van der Waals surface area contributed by atoms with E-state index in [1.54, 1.807) is 0 Å². The highest BCUT2D eigenvalue weighted by molar-refractivity contribution is 6.17. The number of halogens is 3. The molecule has 0 fully saturated rings. The largest absolute Gasteiger partial charge is 0.351 e. The highest BCUT2D eigenvalue weighted by Crippen LogP contribution is 2.12. The van der Waals surface area contributed by atoms with E-state index in [4.69, 9.17) is 11.6 Å². The van der Waals surface area contributed by atoms with Gasteiger partial charge in [-0.05, 0) is 38.0 Å². The van der Waals surface area contributed by atoms with Gasteiger partial charge in [0.2, 0.25) is 5.91 Å². The number of alkyl halides is 1. The summed E-state index contributed by atoms with van der Waals surface area (Å²) in [6, 6.07) is 3.44. The second kappa shape index (κ2) is 6.14. The van der Waals surface area contributed by atoms with E-state index in [-0.39, 0.29) is 12.3 Å². The fourth-order valence-electron chi connectivity index (χ4n) is 1.56. The molecule has 0 saturated carbocycles. The van der Waals surface area contributed by atoms with E-state index in [2.05, 4.69) is 5.32 Å². The van der Waals surface area contributed by atoms with Crippen molar-refractivity contribution in [1.29, 1.82) is 0 Å². The molecule has 1 aromatic carbocycles. The topological polar surface area (TPSA) is 29.1 Å². The fourth-order valence-corrected chi connectivity index (χ4v) is 2.03. The van der Waals surface area contributed by atoms with Crippen molar-refractivity contribution in [1.82, 2.24) is 5.32 Å². The predicted octanol–water partition coefficient (Wildman–Crippen LogP) is 3.03. The van der Waals surface area contributed by atoms with E-state index in [1.165, 1.54) is 6.07 Å². The molecule has 1 rings (SSSR count). The first-order valence-corrected chi connectivity index (χ1v) is 6.18. The molecule has 0 aliphatic heterocycles. The Kier molecular flexibility index (Phi) is 5.08. The van der Waals surface area contributed by atoms with Crippen LogP contribution in [-0.4, -0.2) is 17.3 Å². The van der Waals surface area contributed by atoms with Crippen LogP contribution in [0.4, 0.5) is 8.78 Å². The minimum Gasteiger partial charge on any atom is -0.351 e. The smallest absolute Gasteiger partial charge is 0.224 e. The lowest BCUT2D eigenvalue weighted by Crippen LogP contribution is -2.44. The van der Waals surface area contributed by atoms with Crippen molar-refractivity contribution in [2.24, 2.45) is 0 Å². The van der Waals surface area contributed by atoms with Crippen molar-refractivity contribution in [3.05, 3.63) is 35.4 Å². The van der Waals surface area contributed by atoms with Crippen LogP contribution in [0, 0.1) is 11.6 Å². The van der Waals surface area contributed by atoms with Crippen molar-refractivity contribution in [3.63, 3.8) is 0 Å². The van der Waals surface area contributed by atoms with Gasteiger partial charge >= 0.3 is 0 Å². The van der Waals surface area contributed by atoms with E-state index < -0.39 is 17.2 Å². The first-order chi connectivity index (χ1) is 8.34. The third-order valence-corrected chi connectivity index (χ3v) is 2.73. The molecule has 0 aliphatic carbocycles. The summed E-state index contributed by atoms with van der Waals surface area (Å²) in [6.45, 7) is 3.72. The summed E-state index contributed by atoms with van der Waals surface area (Å²) in [5.41, 5.74) is 0.0327. The zero-order chi connectivity index (χ0) is 13.8. The molecule has 100 valence electrons. The maximum atomic E-state index is 13.0. The van der Waals surface area contributed by atoms with Crippen molar-refractivity contribution < 1.29 is 13.6 Å². The summed E-state index contributed by atoms with van der Waals surface area (Å²) >= 11 is 5.63. The second-order valence-corrected chi connectivity index (χ2v) is 5.17. The fraction of sp³-hybridized carbons (Fsp3) is 0.462. The Balaban J connectivity index is 2.62. The summed E-state index contributed by atoms with van der Waals surface area (Å²) < 4.78 is 25.7. The average molecular weight is 276 g/mol. The molecule has 0 radical (unpaired) electrons. The van der Waals surface area contributed by atoms with Gasteiger partial charge in [-0.25, -0.2) is 8.78 Å². The van der Waals surface area contributed by atoms with E-state index in [9.17, 15) is 13.6 Å². The highest BCUT2D eigenvalue weighted by atomic mass is 35.5. The number of amides is 1. The van der Waals surface area contributed by atoms with E-state index in [0.717, 1.165) is 12.1 Å². The van der Waals surface area contributed by atoms with E-state index in [0.29, 0.717) is 17.9 Å². The van der Waals surface area contributed by atoms with Crippen molar-refractivity contribution >= 4 is 17.5 Å². The Hall–Kier alpha value is -1.16. The third-order valence-electron chi connectivity index (χ3n) is 2.55. The molecule has 0 bridgehead atoms. The van der Waals surface area contributed by atoms with Gasteiger partial charge in [-0.15, -0.1) is 11.6 Å². The maximum Gasteiger partial charge on any atom is 0.224 e. The molecule has 5 heteroatoms. The lowest BCUT2D eigenvalue weighted by atomic mass is 10.0. The van der Waals surface area contributed by atoms with Crippen LogP contribution in [0.25, 0.3) is 0 Å². The van der Waals surface area contributed by atoms with Crippen LogP contribution < -0.4 is 5.32 Å². The van der Waals surface area contributed by atoms with Crippen LogP contribution in [0.5, 0.6) is 0 Å². The molecule has 18 heavy (non-hydrogen) atoms. The van der Waals surface area contributed by atoms with Gasteiger partial charge in [0.05, 0.1) is 6.42 Å². The molecule has 0 unspecified atom stereocenters. The summed E-state index contributed by atoms with van der Waals surface area (Å²) in [7, 11) is 0. The van der Waals surface area contributed by atoms with Gasteiger partial charge < -0.3 is 5.32 Å². The molecule has 0 atom stereocenters. The standard InChI is InChI=1S/C13H16ClF2NO/c1-13(2,5-6-14)17-12(18)8-9-3-4-10(15)11(16)7-9/h3-4,7H,5-6,8H2,1-2H3,(H,17,18). The minimum absolute atomic E-state index is 0.0168. The lowest BCUT2D eigenvalue weighted by Gasteiger charge is -2.25. The summed E-state index contributed by atoms with van der Waals surface area (Å²) in [4.78, 5) is 11.7. The monoisotopic (exact) mass is 275 g/mol. The second-order valence-electron chi connectivity index (χ2n) is 4.80. The highest BCUT2D eigenvalue weighted by Gasteiger charge is 2.19. The maximum absolute atomic E-state index is 13.0. The average Bonchev–Trinajstić information content (AvgIpc) is 2.22. The van der Waals surface area contributed by atoms with E-state index in [1.807, 2.05) is 13.8 Å². The number of rotatable bonds is 5. The number of hydrogen-bond donors (Lipinski definition) is 1. The molecule has 0 aromatic heterocycles. The Morgan fingerprint density at radius 1 is 1.33 bits per heavy atom. The Morgan fingerprint density at radius 3 is 2.56 bits per heavy atom. The van der Waals surface area contributed by atoms with Crippen molar-refractivity contribution in [2.45, 2.75) is 32.2 Å². The Morgan fingerprint density at radius 2 is 2.00 bits per heavy atom. The summed E-state index contributed by atoms with van der Waals surface area (Å²) in [5, 5.41) is 2.80. The molecule has 1 N–H and O–H groups in total. The molecule has 1 aromatic rings. The third kappa shape index (κ3) is 4.61. The SMILES string of the molecule is CC(C)(CCCl)NC(=O)Cc1ccc(F)c(F)c1. The van der Waals surface area contributed by atoms with Crippen LogP contribution in [0.15, 0.2) is 18.2 Å². The number of benzene rings is 1. The number of carbonyl (C=O) groups excluding carboxylic acids is 1. The van der Waals surface area contributed by atoms with Crippen LogP contribution in [0.2, 0.25) is 0 Å². The van der Waals surface area contributed by atoms with Gasteiger partial charge in [0, 0.05) is 11.4 Å². The molecular weight excluding hydrogens is 260 g/mol. The van der Waals surface area contributed by atoms with Gasteiger partial charge in [0.25, 0.3) is 0 Å². The minimum atomic E-state index is -0.944. The normalized spacial score (nSPS) is 11.4. The molecule has 2 nitrogen and oxygen atoms in total. The first-order valence-electron chi connectivity index (χ1n) is 5.65. The van der Waals surface area contributed by atoms with Gasteiger partial charge in [-0.2, -0.15) is 0 Å². The number of hydrogen-bond acceptors (Lipinski definition) is 1. The molecule has 0 spiro atoms. The molecule has 1 amide bonds. The summed E-state index contributed by atoms with van der Waals surface area (Å²) in [5.74, 6) is -1.66. The van der Waals surface area contributed by atoms with Gasteiger partial charge in [-0.1, -0.05) is 6.07 Å². The van der Waals surface area contributed by atoms with E-state index >= 15 is 0 Å². The molecule has 0 saturated heterocycles. The van der Waals surface area contributed by atoms with Crippen LogP contribution in [0.3, 0.4) is 0 Å².